The van der Waals surface area contributed by atoms with E-state index in [1.165, 1.54) is 25.3 Å². The number of carbonyl (C=O) groups excluding carboxylic acids is 2. The summed E-state index contributed by atoms with van der Waals surface area (Å²) in [6.45, 7) is 1.68. The van der Waals surface area contributed by atoms with Crippen molar-refractivity contribution in [2.45, 2.75) is 13.3 Å². The van der Waals surface area contributed by atoms with Crippen molar-refractivity contribution in [3.8, 4) is 22.8 Å². The molecule has 0 atom stereocenters. The normalized spacial score (nSPS) is 10.5. The molecule has 0 aliphatic carbocycles. The highest BCUT2D eigenvalue weighted by Gasteiger charge is 2.16. The molecule has 0 aliphatic heterocycles. The molecule has 7 nitrogen and oxygen atoms in total. The summed E-state index contributed by atoms with van der Waals surface area (Å²) in [6, 6.07) is 12.6. The van der Waals surface area contributed by atoms with Crippen molar-refractivity contribution in [1.82, 2.24) is 0 Å². The van der Waals surface area contributed by atoms with E-state index in [4.69, 9.17) is 9.15 Å². The largest absolute Gasteiger partial charge is 0.508 e. The fourth-order valence-corrected chi connectivity index (χ4v) is 2.80. The lowest BCUT2D eigenvalue weighted by molar-refractivity contribution is -0.115. The first-order chi connectivity index (χ1) is 13.4. The number of ether oxygens (including phenoxy) is 1. The van der Waals surface area contributed by atoms with E-state index in [2.05, 4.69) is 5.32 Å². The lowest BCUT2D eigenvalue weighted by atomic mass is 10.1. The number of rotatable bonds is 5. The summed E-state index contributed by atoms with van der Waals surface area (Å²) in [5.41, 5.74) is 2.18. The van der Waals surface area contributed by atoms with Gasteiger partial charge in [-0.1, -0.05) is 0 Å². The summed E-state index contributed by atoms with van der Waals surface area (Å²) >= 11 is 0. The Labute approximate surface area is 161 Å². The van der Waals surface area contributed by atoms with E-state index in [0.29, 0.717) is 28.3 Å². The predicted octanol–water partition coefficient (Wildman–Crippen LogP) is 3.63. The summed E-state index contributed by atoms with van der Waals surface area (Å²) < 4.78 is 10.3. The van der Waals surface area contributed by atoms with Crippen LogP contribution in [0.4, 0.5) is 5.69 Å². The summed E-state index contributed by atoms with van der Waals surface area (Å²) in [5, 5.41) is 21.7. The molecule has 3 N–H and O–H groups in total. The summed E-state index contributed by atoms with van der Waals surface area (Å²) in [5.74, 6) is 0.0213. The highest BCUT2D eigenvalue weighted by Crippen LogP contribution is 2.27. The van der Waals surface area contributed by atoms with Gasteiger partial charge in [-0.05, 0) is 55.0 Å². The Bertz CT molecular complexity index is 1000. The standard InChI is InChI=1S/C21H19NO6/c1-12-18(21(26)27-2)11-19(28-12)14-3-5-15(6-4-14)22-20(25)9-13-7-16(23)10-17(24)8-13/h3-8,10-11,23-24H,9H2,1-2H3,(H,22,25). The van der Waals surface area contributed by atoms with Crippen LogP contribution >= 0.6 is 0 Å². The zero-order valence-electron chi connectivity index (χ0n) is 15.4. The average molecular weight is 381 g/mol. The first kappa shape index (κ1) is 19.0. The molecule has 0 aliphatic rings. The minimum atomic E-state index is -0.464. The van der Waals surface area contributed by atoms with Crippen LogP contribution in [0, 0.1) is 6.92 Å². The topological polar surface area (TPSA) is 109 Å². The van der Waals surface area contributed by atoms with Crippen molar-refractivity contribution in [3.63, 3.8) is 0 Å². The first-order valence-corrected chi connectivity index (χ1v) is 8.46. The van der Waals surface area contributed by atoms with Gasteiger partial charge in [0.1, 0.15) is 28.6 Å². The van der Waals surface area contributed by atoms with E-state index in [1.807, 2.05) is 0 Å². The maximum Gasteiger partial charge on any atom is 0.341 e. The van der Waals surface area contributed by atoms with Gasteiger partial charge in [0.05, 0.1) is 13.5 Å². The van der Waals surface area contributed by atoms with Crippen LogP contribution < -0.4 is 5.32 Å². The fourth-order valence-electron chi connectivity index (χ4n) is 2.80. The maximum atomic E-state index is 12.2. The first-order valence-electron chi connectivity index (χ1n) is 8.46. The lowest BCUT2D eigenvalue weighted by Gasteiger charge is -2.07. The van der Waals surface area contributed by atoms with Gasteiger partial charge in [-0.3, -0.25) is 4.79 Å². The number of hydrogen-bond donors (Lipinski definition) is 3. The number of phenols is 2. The van der Waals surface area contributed by atoms with Crippen LogP contribution in [0.15, 0.2) is 52.9 Å². The Morgan fingerprint density at radius 3 is 2.29 bits per heavy atom. The third-order valence-corrected chi connectivity index (χ3v) is 4.10. The second-order valence-electron chi connectivity index (χ2n) is 6.23. The van der Waals surface area contributed by atoms with Gasteiger partial charge in [0.15, 0.2) is 0 Å². The van der Waals surface area contributed by atoms with Crippen molar-refractivity contribution in [2.75, 3.05) is 12.4 Å². The van der Waals surface area contributed by atoms with Crippen molar-refractivity contribution in [3.05, 3.63) is 65.4 Å². The van der Waals surface area contributed by atoms with E-state index < -0.39 is 5.97 Å². The molecule has 144 valence electrons. The SMILES string of the molecule is COC(=O)c1cc(-c2ccc(NC(=O)Cc3cc(O)cc(O)c3)cc2)oc1C. The molecule has 7 heteroatoms. The second kappa shape index (κ2) is 7.87. The van der Waals surface area contributed by atoms with Crippen molar-refractivity contribution >= 4 is 17.6 Å². The van der Waals surface area contributed by atoms with E-state index >= 15 is 0 Å². The Morgan fingerprint density at radius 1 is 1.04 bits per heavy atom. The van der Waals surface area contributed by atoms with Gasteiger partial charge in [0.2, 0.25) is 5.91 Å². The van der Waals surface area contributed by atoms with Crippen molar-refractivity contribution in [2.24, 2.45) is 0 Å². The molecule has 1 aromatic heterocycles. The number of amides is 1. The van der Waals surface area contributed by atoms with E-state index in [9.17, 15) is 19.8 Å². The second-order valence-corrected chi connectivity index (χ2v) is 6.23. The summed E-state index contributed by atoms with van der Waals surface area (Å²) in [4.78, 5) is 23.9. The summed E-state index contributed by atoms with van der Waals surface area (Å²) in [7, 11) is 1.31. The number of nitrogens with one attached hydrogen (secondary N) is 1. The quantitative estimate of drug-likeness (QED) is 0.582. The molecule has 28 heavy (non-hydrogen) atoms. The van der Waals surface area contributed by atoms with Crippen LogP contribution in [0.5, 0.6) is 11.5 Å². The van der Waals surface area contributed by atoms with Crippen LogP contribution in [0.25, 0.3) is 11.3 Å². The molecule has 0 saturated heterocycles. The van der Waals surface area contributed by atoms with E-state index in [0.717, 1.165) is 5.56 Å². The van der Waals surface area contributed by atoms with Crippen LogP contribution in [-0.2, 0) is 16.0 Å². The van der Waals surface area contributed by atoms with Gasteiger partial charge in [-0.15, -0.1) is 0 Å². The number of anilines is 1. The summed E-state index contributed by atoms with van der Waals surface area (Å²) in [6.07, 6.45) is 0.00355. The minimum absolute atomic E-state index is 0.00355. The number of aromatic hydroxyl groups is 2. The monoisotopic (exact) mass is 381 g/mol. The molecule has 3 rings (SSSR count). The number of aryl methyl sites for hydroxylation is 1. The highest BCUT2D eigenvalue weighted by molar-refractivity contribution is 5.93. The van der Waals surface area contributed by atoms with E-state index in [-0.39, 0.29) is 23.8 Å². The molecule has 3 aromatic rings. The molecule has 1 heterocycles. The number of carbonyl (C=O) groups is 2. The molecular formula is C21H19NO6. The Hall–Kier alpha value is -3.74. The van der Waals surface area contributed by atoms with Crippen LogP contribution in [0.1, 0.15) is 21.7 Å². The van der Waals surface area contributed by atoms with Gasteiger partial charge in [-0.2, -0.15) is 0 Å². The van der Waals surface area contributed by atoms with Crippen molar-refractivity contribution in [1.29, 1.82) is 0 Å². The molecule has 2 aromatic carbocycles. The number of esters is 1. The molecule has 0 spiro atoms. The zero-order valence-corrected chi connectivity index (χ0v) is 15.4. The average Bonchev–Trinajstić information content (AvgIpc) is 3.02. The van der Waals surface area contributed by atoms with Crippen LogP contribution in [0.3, 0.4) is 0 Å². The van der Waals surface area contributed by atoms with Gasteiger partial charge in [0, 0.05) is 17.3 Å². The molecule has 0 saturated carbocycles. The number of furan rings is 1. The molecular weight excluding hydrogens is 362 g/mol. The number of hydrogen-bond acceptors (Lipinski definition) is 6. The Kier molecular flexibility index (Phi) is 5.35. The van der Waals surface area contributed by atoms with Crippen LogP contribution in [0.2, 0.25) is 0 Å². The fraction of sp³-hybridized carbons (Fsp3) is 0.143. The zero-order chi connectivity index (χ0) is 20.3. The van der Waals surface area contributed by atoms with Crippen LogP contribution in [-0.4, -0.2) is 29.2 Å². The van der Waals surface area contributed by atoms with Gasteiger partial charge in [-0.25, -0.2) is 4.79 Å². The van der Waals surface area contributed by atoms with E-state index in [1.54, 1.807) is 37.3 Å². The molecule has 0 radical (unpaired) electrons. The molecule has 0 bridgehead atoms. The Morgan fingerprint density at radius 2 is 1.68 bits per heavy atom. The molecule has 0 unspecified atom stereocenters. The third-order valence-electron chi connectivity index (χ3n) is 4.10. The smallest absolute Gasteiger partial charge is 0.341 e. The maximum absolute atomic E-state index is 12.2. The molecule has 1 amide bonds. The number of methoxy groups -OCH3 is 1. The lowest BCUT2D eigenvalue weighted by Crippen LogP contribution is -2.14. The predicted molar refractivity (Wildman–Crippen MR) is 102 cm³/mol. The third kappa shape index (κ3) is 4.32. The molecule has 0 fully saturated rings. The minimum Gasteiger partial charge on any atom is -0.508 e. The van der Waals surface area contributed by atoms with Crippen molar-refractivity contribution < 1.29 is 29.0 Å². The Balaban J connectivity index is 1.69. The van der Waals surface area contributed by atoms with Gasteiger partial charge in [0.25, 0.3) is 0 Å². The van der Waals surface area contributed by atoms with Gasteiger partial charge >= 0.3 is 5.97 Å². The highest BCUT2D eigenvalue weighted by atomic mass is 16.5. The number of benzene rings is 2. The van der Waals surface area contributed by atoms with Gasteiger partial charge < -0.3 is 24.7 Å². The number of phenolic OH excluding ortho intramolecular Hbond substituents is 2.